The molecule has 1 atom stereocenters. The second-order valence-corrected chi connectivity index (χ2v) is 5.35. The molecular weight excluding hydrogens is 246 g/mol. The lowest BCUT2D eigenvalue weighted by molar-refractivity contribution is -0.160. The average molecular weight is 267 g/mol. The maximum atomic E-state index is 12.2. The van der Waals surface area contributed by atoms with E-state index in [0.717, 1.165) is 19.3 Å². The van der Waals surface area contributed by atoms with Crippen LogP contribution in [0.3, 0.4) is 0 Å². The third-order valence-corrected chi connectivity index (χ3v) is 4.13. The van der Waals surface area contributed by atoms with Crippen LogP contribution in [-0.2, 0) is 14.3 Å². The van der Waals surface area contributed by atoms with E-state index in [1.165, 1.54) is 19.1 Å². The number of carbonyl (C=O) groups is 2. The Labute approximate surface area is 113 Å². The second kappa shape index (κ2) is 5.74. The Morgan fingerprint density at radius 3 is 2.79 bits per heavy atom. The summed E-state index contributed by atoms with van der Waals surface area (Å²) in [6.45, 7) is 0.622. The van der Waals surface area contributed by atoms with Gasteiger partial charge in [-0.1, -0.05) is 11.6 Å². The monoisotopic (exact) mass is 267 g/mol. The molecule has 0 radical (unpaired) electrons. The number of amides is 1. The fourth-order valence-electron chi connectivity index (χ4n) is 2.79. The Morgan fingerprint density at radius 2 is 2.26 bits per heavy atom. The van der Waals surface area contributed by atoms with Gasteiger partial charge in [-0.2, -0.15) is 0 Å². The van der Waals surface area contributed by atoms with Crippen LogP contribution in [-0.4, -0.2) is 47.7 Å². The molecule has 1 heterocycles. The minimum absolute atomic E-state index is 0.0216. The number of hydrogen-bond donors (Lipinski definition) is 1. The van der Waals surface area contributed by atoms with Gasteiger partial charge in [-0.3, -0.25) is 4.79 Å². The van der Waals surface area contributed by atoms with Gasteiger partial charge in [-0.05, 0) is 25.7 Å². The molecule has 0 saturated carbocycles. The van der Waals surface area contributed by atoms with Gasteiger partial charge in [-0.25, -0.2) is 4.79 Å². The highest BCUT2D eigenvalue weighted by Crippen LogP contribution is 2.27. The number of methoxy groups -OCH3 is 1. The maximum absolute atomic E-state index is 12.2. The van der Waals surface area contributed by atoms with Crippen LogP contribution in [0.2, 0.25) is 0 Å². The molecule has 0 bridgehead atoms. The van der Waals surface area contributed by atoms with Gasteiger partial charge in [0.05, 0.1) is 6.54 Å². The molecular formula is C14H21NO4. The molecule has 0 aromatic heterocycles. The molecule has 1 unspecified atom stereocenters. The minimum Gasteiger partial charge on any atom is -0.479 e. The van der Waals surface area contributed by atoms with Gasteiger partial charge in [0.1, 0.15) is 0 Å². The zero-order valence-electron chi connectivity index (χ0n) is 11.4. The summed E-state index contributed by atoms with van der Waals surface area (Å²) in [5, 5.41) is 9.21. The van der Waals surface area contributed by atoms with Crippen LogP contribution in [0, 0.1) is 0 Å². The van der Waals surface area contributed by atoms with Crippen LogP contribution in [0.1, 0.15) is 38.5 Å². The molecule has 0 aromatic rings. The number of carboxylic acid groups (broad SMARTS) is 1. The van der Waals surface area contributed by atoms with Crippen molar-refractivity contribution in [1.29, 1.82) is 0 Å². The van der Waals surface area contributed by atoms with Crippen molar-refractivity contribution in [2.75, 3.05) is 20.2 Å². The molecule has 0 aromatic carbocycles. The molecule has 1 aliphatic carbocycles. The smallest absolute Gasteiger partial charge is 0.337 e. The molecule has 1 aliphatic heterocycles. The predicted molar refractivity (Wildman–Crippen MR) is 69.7 cm³/mol. The number of rotatable bonds is 4. The lowest BCUT2D eigenvalue weighted by Crippen LogP contribution is -2.44. The lowest BCUT2D eigenvalue weighted by atomic mass is 9.97. The lowest BCUT2D eigenvalue weighted by Gasteiger charge is -2.23. The van der Waals surface area contributed by atoms with Crippen LogP contribution in [0.25, 0.3) is 0 Å². The van der Waals surface area contributed by atoms with E-state index in [4.69, 9.17) is 4.74 Å². The molecule has 5 heteroatoms. The average Bonchev–Trinajstić information content (AvgIpc) is 2.86. The molecule has 0 spiro atoms. The second-order valence-electron chi connectivity index (χ2n) is 5.35. The molecule has 1 N–H and O–H groups in total. The van der Waals surface area contributed by atoms with Crippen LogP contribution in [0.4, 0.5) is 0 Å². The van der Waals surface area contributed by atoms with E-state index in [2.05, 4.69) is 6.08 Å². The van der Waals surface area contributed by atoms with E-state index in [1.54, 1.807) is 4.90 Å². The molecule has 1 amide bonds. The summed E-state index contributed by atoms with van der Waals surface area (Å²) in [5.74, 6) is -0.962. The van der Waals surface area contributed by atoms with Crippen LogP contribution in [0.15, 0.2) is 11.6 Å². The zero-order valence-corrected chi connectivity index (χ0v) is 11.4. The highest BCUT2D eigenvalue weighted by atomic mass is 16.5. The number of nitrogens with zero attached hydrogens (tertiary/aromatic N) is 1. The Bertz CT molecular complexity index is 404. The van der Waals surface area contributed by atoms with Crippen molar-refractivity contribution in [3.05, 3.63) is 11.6 Å². The van der Waals surface area contributed by atoms with Gasteiger partial charge in [0.15, 0.2) is 5.60 Å². The first-order chi connectivity index (χ1) is 9.07. The number of carbonyl (C=O) groups excluding carboxylic acids is 1. The first-order valence-electron chi connectivity index (χ1n) is 6.81. The standard InChI is InChI=1S/C14H21NO4/c1-19-14(13(17)18)7-8-15(10-14)12(16)9-11-5-3-2-4-6-11/h5H,2-4,6-10H2,1H3,(H,17,18). The highest BCUT2D eigenvalue weighted by Gasteiger charge is 2.46. The molecule has 5 nitrogen and oxygen atoms in total. The normalized spacial score (nSPS) is 27.2. The largest absolute Gasteiger partial charge is 0.479 e. The van der Waals surface area contributed by atoms with Crippen LogP contribution < -0.4 is 0 Å². The Hall–Kier alpha value is -1.36. The summed E-state index contributed by atoms with van der Waals surface area (Å²) in [5.41, 5.74) is -0.0159. The van der Waals surface area contributed by atoms with E-state index in [-0.39, 0.29) is 12.5 Å². The van der Waals surface area contributed by atoms with Gasteiger partial charge in [-0.15, -0.1) is 0 Å². The summed E-state index contributed by atoms with van der Waals surface area (Å²) < 4.78 is 5.12. The Balaban J connectivity index is 1.94. The SMILES string of the molecule is COC1(C(=O)O)CCN(C(=O)CC2=CCCCC2)C1. The molecule has 2 rings (SSSR count). The van der Waals surface area contributed by atoms with E-state index in [0.29, 0.717) is 19.4 Å². The molecule has 1 saturated heterocycles. The van der Waals surface area contributed by atoms with Crippen LogP contribution in [0.5, 0.6) is 0 Å². The van der Waals surface area contributed by atoms with E-state index in [9.17, 15) is 14.7 Å². The van der Waals surface area contributed by atoms with Gasteiger partial charge >= 0.3 is 5.97 Å². The summed E-state index contributed by atoms with van der Waals surface area (Å²) >= 11 is 0. The van der Waals surface area contributed by atoms with E-state index in [1.807, 2.05) is 0 Å². The fourth-order valence-corrected chi connectivity index (χ4v) is 2.79. The Kier molecular flexibility index (Phi) is 4.24. The third kappa shape index (κ3) is 2.97. The first kappa shape index (κ1) is 14.1. The molecule has 106 valence electrons. The van der Waals surface area contributed by atoms with Crippen molar-refractivity contribution in [2.45, 2.75) is 44.1 Å². The van der Waals surface area contributed by atoms with E-state index < -0.39 is 11.6 Å². The summed E-state index contributed by atoms with van der Waals surface area (Å²) in [7, 11) is 1.39. The van der Waals surface area contributed by atoms with E-state index >= 15 is 0 Å². The van der Waals surface area contributed by atoms with Crippen molar-refractivity contribution in [1.82, 2.24) is 4.90 Å². The quantitative estimate of drug-likeness (QED) is 0.785. The van der Waals surface area contributed by atoms with Crippen molar-refractivity contribution in [3.8, 4) is 0 Å². The molecule has 1 fully saturated rings. The van der Waals surface area contributed by atoms with Crippen molar-refractivity contribution in [3.63, 3.8) is 0 Å². The molecule has 2 aliphatic rings. The number of allylic oxidation sites excluding steroid dienone is 1. The molecule has 19 heavy (non-hydrogen) atoms. The van der Waals surface area contributed by atoms with Gasteiger partial charge in [0.25, 0.3) is 0 Å². The first-order valence-corrected chi connectivity index (χ1v) is 6.81. The third-order valence-electron chi connectivity index (χ3n) is 4.13. The summed E-state index contributed by atoms with van der Waals surface area (Å²) in [6.07, 6.45) is 7.35. The predicted octanol–water partition coefficient (Wildman–Crippen LogP) is 1.58. The number of carboxylic acids is 1. The van der Waals surface area contributed by atoms with Crippen molar-refractivity contribution >= 4 is 11.9 Å². The number of ether oxygens (including phenoxy) is 1. The van der Waals surface area contributed by atoms with Crippen LogP contribution >= 0.6 is 0 Å². The minimum atomic E-state index is -1.21. The topological polar surface area (TPSA) is 66.8 Å². The fraction of sp³-hybridized carbons (Fsp3) is 0.714. The number of hydrogen-bond acceptors (Lipinski definition) is 3. The van der Waals surface area contributed by atoms with Gasteiger partial charge in [0.2, 0.25) is 5.91 Å². The Morgan fingerprint density at radius 1 is 1.47 bits per heavy atom. The zero-order chi connectivity index (χ0) is 13.9. The van der Waals surface area contributed by atoms with Gasteiger partial charge < -0.3 is 14.7 Å². The van der Waals surface area contributed by atoms with Crippen molar-refractivity contribution < 1.29 is 19.4 Å². The number of likely N-dealkylation sites (tertiary alicyclic amines) is 1. The highest BCUT2D eigenvalue weighted by molar-refractivity contribution is 5.83. The van der Waals surface area contributed by atoms with Crippen molar-refractivity contribution in [2.24, 2.45) is 0 Å². The number of aliphatic carboxylic acids is 1. The summed E-state index contributed by atoms with van der Waals surface area (Å²) in [6, 6.07) is 0. The van der Waals surface area contributed by atoms with Gasteiger partial charge in [0, 0.05) is 26.5 Å². The summed E-state index contributed by atoms with van der Waals surface area (Å²) in [4.78, 5) is 25.0. The maximum Gasteiger partial charge on any atom is 0.337 e.